The van der Waals surface area contributed by atoms with Crippen molar-refractivity contribution >= 4 is 22.5 Å². The lowest BCUT2D eigenvalue weighted by atomic mass is 10.1. The number of rotatable bonds is 2. The average Bonchev–Trinajstić information content (AvgIpc) is 2.42. The van der Waals surface area contributed by atoms with Gasteiger partial charge in [-0.2, -0.15) is 0 Å². The van der Waals surface area contributed by atoms with Gasteiger partial charge in [0.15, 0.2) is 0 Å². The lowest BCUT2D eigenvalue weighted by molar-refractivity contribution is 0.465. The lowest BCUT2D eigenvalue weighted by Gasteiger charge is -2.08. The van der Waals surface area contributed by atoms with E-state index < -0.39 is 0 Å². The molecule has 0 aliphatic rings. The van der Waals surface area contributed by atoms with Gasteiger partial charge in [0.05, 0.1) is 5.52 Å². The Balaban J connectivity index is 1.99. The van der Waals surface area contributed by atoms with E-state index in [0.717, 1.165) is 22.2 Å². The molecule has 0 N–H and O–H groups in total. The van der Waals surface area contributed by atoms with Gasteiger partial charge in [0.2, 0.25) is 5.88 Å². The van der Waals surface area contributed by atoms with Gasteiger partial charge in [0, 0.05) is 16.5 Å². The maximum absolute atomic E-state index is 5.85. The zero-order valence-corrected chi connectivity index (χ0v) is 11.2. The number of hydrogen-bond acceptors (Lipinski definition) is 2. The number of para-hydroxylation sites is 1. The standard InChI is InChI=1S/C16H12ClNO/c1-11-10-16(18-15-5-3-2-4-14(11)15)19-13-8-6-12(17)7-9-13/h2-10H,1H3. The minimum absolute atomic E-state index is 0.596. The van der Waals surface area contributed by atoms with E-state index in [9.17, 15) is 0 Å². The first-order valence-electron chi connectivity index (χ1n) is 6.02. The molecule has 1 heterocycles. The fraction of sp³-hybridized carbons (Fsp3) is 0.0625. The predicted octanol–water partition coefficient (Wildman–Crippen LogP) is 4.99. The normalized spacial score (nSPS) is 10.6. The highest BCUT2D eigenvalue weighted by Crippen LogP contribution is 2.26. The highest BCUT2D eigenvalue weighted by atomic mass is 35.5. The van der Waals surface area contributed by atoms with Gasteiger partial charge in [-0.1, -0.05) is 29.8 Å². The van der Waals surface area contributed by atoms with Crippen LogP contribution in [0.1, 0.15) is 5.56 Å². The van der Waals surface area contributed by atoms with Crippen molar-refractivity contribution in [2.75, 3.05) is 0 Å². The summed E-state index contributed by atoms with van der Waals surface area (Å²) < 4.78 is 5.75. The maximum atomic E-state index is 5.85. The van der Waals surface area contributed by atoms with Gasteiger partial charge in [-0.15, -0.1) is 0 Å². The third kappa shape index (κ3) is 2.54. The number of fused-ring (bicyclic) bond motifs is 1. The highest BCUT2D eigenvalue weighted by Gasteiger charge is 2.04. The minimum atomic E-state index is 0.596. The van der Waals surface area contributed by atoms with Crippen molar-refractivity contribution in [2.24, 2.45) is 0 Å². The number of aromatic nitrogens is 1. The molecule has 0 spiro atoms. The molecule has 0 bridgehead atoms. The van der Waals surface area contributed by atoms with Crippen molar-refractivity contribution < 1.29 is 4.74 Å². The molecule has 94 valence electrons. The number of pyridine rings is 1. The maximum Gasteiger partial charge on any atom is 0.220 e. The summed E-state index contributed by atoms with van der Waals surface area (Å²) in [4.78, 5) is 4.50. The summed E-state index contributed by atoms with van der Waals surface area (Å²) in [6, 6.07) is 17.2. The first kappa shape index (κ1) is 12.0. The molecule has 0 aliphatic carbocycles. The first-order chi connectivity index (χ1) is 9.22. The van der Waals surface area contributed by atoms with Crippen LogP contribution < -0.4 is 4.74 Å². The van der Waals surface area contributed by atoms with Crippen LogP contribution in [0.2, 0.25) is 5.02 Å². The van der Waals surface area contributed by atoms with Crippen LogP contribution >= 0.6 is 11.6 Å². The van der Waals surface area contributed by atoms with Crippen LogP contribution in [0.4, 0.5) is 0 Å². The fourth-order valence-electron chi connectivity index (χ4n) is 1.99. The highest BCUT2D eigenvalue weighted by molar-refractivity contribution is 6.30. The second kappa shape index (κ2) is 4.90. The van der Waals surface area contributed by atoms with Crippen LogP contribution in [0, 0.1) is 6.92 Å². The summed E-state index contributed by atoms with van der Waals surface area (Å²) in [6.07, 6.45) is 0. The summed E-state index contributed by atoms with van der Waals surface area (Å²) in [5.41, 5.74) is 2.08. The monoisotopic (exact) mass is 269 g/mol. The zero-order valence-electron chi connectivity index (χ0n) is 10.4. The van der Waals surface area contributed by atoms with E-state index in [1.54, 1.807) is 12.1 Å². The van der Waals surface area contributed by atoms with Crippen molar-refractivity contribution in [3.8, 4) is 11.6 Å². The molecule has 0 saturated carbocycles. The predicted molar refractivity (Wildman–Crippen MR) is 78.0 cm³/mol. The van der Waals surface area contributed by atoms with E-state index in [0.29, 0.717) is 10.9 Å². The Labute approximate surface area is 116 Å². The van der Waals surface area contributed by atoms with E-state index in [1.807, 2.05) is 36.4 Å². The van der Waals surface area contributed by atoms with Gasteiger partial charge in [0.25, 0.3) is 0 Å². The van der Waals surface area contributed by atoms with Crippen LogP contribution in [0.3, 0.4) is 0 Å². The van der Waals surface area contributed by atoms with Crippen LogP contribution in [0.5, 0.6) is 11.6 Å². The fourth-order valence-corrected chi connectivity index (χ4v) is 2.12. The quantitative estimate of drug-likeness (QED) is 0.654. The van der Waals surface area contributed by atoms with Crippen molar-refractivity contribution in [1.29, 1.82) is 0 Å². The number of halogens is 1. The Morgan fingerprint density at radius 1 is 1.00 bits per heavy atom. The Bertz CT molecular complexity index is 722. The van der Waals surface area contributed by atoms with Crippen LogP contribution in [0.25, 0.3) is 10.9 Å². The number of benzene rings is 2. The number of hydrogen-bond donors (Lipinski definition) is 0. The molecule has 0 amide bonds. The van der Waals surface area contributed by atoms with Gasteiger partial charge < -0.3 is 4.74 Å². The molecule has 19 heavy (non-hydrogen) atoms. The number of ether oxygens (including phenoxy) is 1. The van der Waals surface area contributed by atoms with Crippen molar-refractivity contribution in [3.05, 3.63) is 65.2 Å². The topological polar surface area (TPSA) is 22.1 Å². The molecule has 0 unspecified atom stereocenters. The molecule has 2 nitrogen and oxygen atoms in total. The van der Waals surface area contributed by atoms with Crippen LogP contribution in [-0.2, 0) is 0 Å². The Kier molecular flexibility index (Phi) is 3.10. The van der Waals surface area contributed by atoms with Gasteiger partial charge in [-0.3, -0.25) is 0 Å². The van der Waals surface area contributed by atoms with E-state index in [1.165, 1.54) is 0 Å². The molecule has 0 radical (unpaired) electrons. The molecule has 3 aromatic rings. The van der Waals surface area contributed by atoms with E-state index in [2.05, 4.69) is 18.0 Å². The van der Waals surface area contributed by atoms with Gasteiger partial charge in [-0.05, 0) is 42.8 Å². The third-order valence-corrected chi connectivity index (χ3v) is 3.19. The van der Waals surface area contributed by atoms with Crippen LogP contribution in [0.15, 0.2) is 54.6 Å². The molecule has 3 rings (SSSR count). The SMILES string of the molecule is Cc1cc(Oc2ccc(Cl)cc2)nc2ccccc12. The van der Waals surface area contributed by atoms with Crippen molar-refractivity contribution in [1.82, 2.24) is 4.98 Å². The minimum Gasteiger partial charge on any atom is -0.439 e. The molecule has 0 saturated heterocycles. The molecular weight excluding hydrogens is 258 g/mol. The van der Waals surface area contributed by atoms with Gasteiger partial charge >= 0.3 is 0 Å². The summed E-state index contributed by atoms with van der Waals surface area (Å²) in [5, 5.41) is 1.83. The number of nitrogens with zero attached hydrogens (tertiary/aromatic N) is 1. The van der Waals surface area contributed by atoms with E-state index in [-0.39, 0.29) is 0 Å². The molecular formula is C16H12ClNO. The van der Waals surface area contributed by atoms with Gasteiger partial charge in [0.1, 0.15) is 5.75 Å². The summed E-state index contributed by atoms with van der Waals surface area (Å²) >= 11 is 5.85. The Morgan fingerprint density at radius 2 is 1.74 bits per heavy atom. The molecule has 0 fully saturated rings. The zero-order chi connectivity index (χ0) is 13.2. The van der Waals surface area contributed by atoms with Crippen LogP contribution in [-0.4, -0.2) is 4.98 Å². The second-order valence-electron chi connectivity index (χ2n) is 4.35. The Hall–Kier alpha value is -2.06. The molecule has 2 aromatic carbocycles. The average molecular weight is 270 g/mol. The summed E-state index contributed by atoms with van der Waals surface area (Å²) in [5.74, 6) is 1.32. The number of aryl methyl sites for hydroxylation is 1. The summed E-state index contributed by atoms with van der Waals surface area (Å²) in [6.45, 7) is 2.05. The molecule has 0 atom stereocenters. The molecule has 1 aromatic heterocycles. The smallest absolute Gasteiger partial charge is 0.220 e. The van der Waals surface area contributed by atoms with E-state index >= 15 is 0 Å². The lowest BCUT2D eigenvalue weighted by Crippen LogP contribution is -1.90. The van der Waals surface area contributed by atoms with Gasteiger partial charge in [-0.25, -0.2) is 4.98 Å². The largest absolute Gasteiger partial charge is 0.439 e. The van der Waals surface area contributed by atoms with Crippen molar-refractivity contribution in [3.63, 3.8) is 0 Å². The first-order valence-corrected chi connectivity index (χ1v) is 6.40. The van der Waals surface area contributed by atoms with Crippen molar-refractivity contribution in [2.45, 2.75) is 6.92 Å². The second-order valence-corrected chi connectivity index (χ2v) is 4.79. The Morgan fingerprint density at radius 3 is 2.53 bits per heavy atom. The summed E-state index contributed by atoms with van der Waals surface area (Å²) in [7, 11) is 0. The molecule has 0 aliphatic heterocycles. The van der Waals surface area contributed by atoms with E-state index in [4.69, 9.17) is 16.3 Å². The molecule has 3 heteroatoms. The third-order valence-electron chi connectivity index (χ3n) is 2.94.